The molecular weight excluding hydrogens is 238 g/mol. The molecule has 0 radical (unpaired) electrons. The first-order valence-corrected chi connectivity index (χ1v) is 6.31. The second-order valence-electron chi connectivity index (χ2n) is 4.62. The summed E-state index contributed by atoms with van der Waals surface area (Å²) in [6, 6.07) is 14.2. The summed E-state index contributed by atoms with van der Waals surface area (Å²) in [6.07, 6.45) is 0. The van der Waals surface area contributed by atoms with Gasteiger partial charge < -0.3 is 10.3 Å². The summed E-state index contributed by atoms with van der Waals surface area (Å²) in [5, 5.41) is 6.35. The van der Waals surface area contributed by atoms with Gasteiger partial charge in [-0.3, -0.25) is 0 Å². The van der Waals surface area contributed by atoms with Crippen molar-refractivity contribution in [1.29, 1.82) is 0 Å². The van der Waals surface area contributed by atoms with Gasteiger partial charge in [0, 0.05) is 18.0 Å². The predicted molar refractivity (Wildman–Crippen MR) is 74.7 cm³/mol. The van der Waals surface area contributed by atoms with Gasteiger partial charge in [-0.15, -0.1) is 0 Å². The quantitative estimate of drug-likeness (QED) is 0.779. The zero-order valence-corrected chi connectivity index (χ0v) is 10.7. The fourth-order valence-corrected chi connectivity index (χ4v) is 2.07. The smallest absolute Gasteiger partial charge is 0.231 e. The highest BCUT2D eigenvalue weighted by Crippen LogP contribution is 2.27. The highest BCUT2D eigenvalue weighted by atomic mass is 16.5. The normalized spacial score (nSPS) is 12.7. The summed E-state index contributed by atoms with van der Waals surface area (Å²) in [6.45, 7) is 2.47. The molecule has 0 bridgehead atoms. The van der Waals surface area contributed by atoms with Crippen LogP contribution in [0.5, 0.6) is 0 Å². The Morgan fingerprint density at radius 3 is 2.79 bits per heavy atom. The largest absolute Gasteiger partial charge is 0.339 e. The predicted octanol–water partition coefficient (Wildman–Crippen LogP) is 2.95. The van der Waals surface area contributed by atoms with Crippen LogP contribution in [0.1, 0.15) is 18.7 Å². The highest BCUT2D eigenvalue weighted by molar-refractivity contribution is 5.94. The lowest BCUT2D eigenvalue weighted by molar-refractivity contribution is 0.361. The van der Waals surface area contributed by atoms with Crippen LogP contribution in [0.4, 0.5) is 0 Å². The molecule has 0 saturated heterocycles. The van der Waals surface area contributed by atoms with Crippen molar-refractivity contribution in [3.8, 4) is 11.4 Å². The molecule has 1 aromatic heterocycles. The molecule has 4 heteroatoms. The van der Waals surface area contributed by atoms with E-state index in [1.165, 1.54) is 5.39 Å². The topological polar surface area (TPSA) is 64.9 Å². The summed E-state index contributed by atoms with van der Waals surface area (Å²) in [5.41, 5.74) is 6.60. The van der Waals surface area contributed by atoms with Gasteiger partial charge in [0.25, 0.3) is 0 Å². The Bertz CT molecular complexity index is 700. The molecule has 1 unspecified atom stereocenters. The number of aromatic nitrogens is 2. The Morgan fingerprint density at radius 2 is 1.95 bits per heavy atom. The molecular formula is C15H15N3O. The maximum Gasteiger partial charge on any atom is 0.231 e. The lowest BCUT2D eigenvalue weighted by atomic mass is 10.0. The standard InChI is InChI=1S/C15H15N3O/c1-10(9-16)15-17-14(18-19-15)13-8-4-6-11-5-2-3-7-12(11)13/h2-8,10H,9,16H2,1H3. The average Bonchev–Trinajstić information content (AvgIpc) is 2.95. The van der Waals surface area contributed by atoms with Crippen molar-refractivity contribution in [2.24, 2.45) is 5.73 Å². The number of fused-ring (bicyclic) bond motifs is 1. The third-order valence-electron chi connectivity index (χ3n) is 3.25. The molecule has 0 aliphatic heterocycles. The van der Waals surface area contributed by atoms with Gasteiger partial charge in [-0.25, -0.2) is 0 Å². The zero-order chi connectivity index (χ0) is 13.2. The van der Waals surface area contributed by atoms with Crippen LogP contribution in [-0.4, -0.2) is 16.7 Å². The molecule has 0 amide bonds. The van der Waals surface area contributed by atoms with Crippen LogP contribution in [0.25, 0.3) is 22.2 Å². The Kier molecular flexibility index (Phi) is 3.01. The Labute approximate surface area is 111 Å². The minimum Gasteiger partial charge on any atom is -0.339 e. The second kappa shape index (κ2) is 4.82. The molecule has 3 rings (SSSR count). The lowest BCUT2D eigenvalue weighted by Gasteiger charge is -2.02. The number of nitrogens with zero attached hydrogens (tertiary/aromatic N) is 2. The minimum absolute atomic E-state index is 0.0798. The van der Waals surface area contributed by atoms with E-state index in [4.69, 9.17) is 10.3 Å². The van der Waals surface area contributed by atoms with Crippen molar-refractivity contribution < 1.29 is 4.52 Å². The fraction of sp³-hybridized carbons (Fsp3) is 0.200. The van der Waals surface area contributed by atoms with Gasteiger partial charge in [-0.1, -0.05) is 54.5 Å². The summed E-state index contributed by atoms with van der Waals surface area (Å²) in [4.78, 5) is 4.44. The molecule has 0 aliphatic carbocycles. The number of rotatable bonds is 3. The van der Waals surface area contributed by atoms with Crippen LogP contribution in [0.3, 0.4) is 0 Å². The first-order chi connectivity index (χ1) is 9.29. The molecule has 1 atom stereocenters. The van der Waals surface area contributed by atoms with Gasteiger partial charge in [-0.05, 0) is 10.8 Å². The first-order valence-electron chi connectivity index (χ1n) is 6.31. The van der Waals surface area contributed by atoms with Gasteiger partial charge in [0.15, 0.2) is 0 Å². The van der Waals surface area contributed by atoms with Crippen LogP contribution < -0.4 is 5.73 Å². The number of hydrogen-bond donors (Lipinski definition) is 1. The van der Waals surface area contributed by atoms with Crippen molar-refractivity contribution in [2.45, 2.75) is 12.8 Å². The van der Waals surface area contributed by atoms with E-state index in [0.717, 1.165) is 10.9 Å². The monoisotopic (exact) mass is 253 g/mol. The molecule has 2 aromatic carbocycles. The maximum atomic E-state index is 5.61. The van der Waals surface area contributed by atoms with E-state index >= 15 is 0 Å². The summed E-state index contributed by atoms with van der Waals surface area (Å²) < 4.78 is 5.28. The Hall–Kier alpha value is -2.20. The highest BCUT2D eigenvalue weighted by Gasteiger charge is 2.15. The third kappa shape index (κ3) is 2.11. The molecule has 0 aliphatic rings. The van der Waals surface area contributed by atoms with Crippen molar-refractivity contribution in [1.82, 2.24) is 10.1 Å². The third-order valence-corrected chi connectivity index (χ3v) is 3.25. The van der Waals surface area contributed by atoms with Gasteiger partial charge in [0.2, 0.25) is 11.7 Å². The average molecular weight is 253 g/mol. The zero-order valence-electron chi connectivity index (χ0n) is 10.7. The molecule has 0 spiro atoms. The van der Waals surface area contributed by atoms with E-state index in [-0.39, 0.29) is 5.92 Å². The molecule has 3 aromatic rings. The van der Waals surface area contributed by atoms with Crippen LogP contribution in [0.15, 0.2) is 47.0 Å². The van der Waals surface area contributed by atoms with Crippen LogP contribution in [0.2, 0.25) is 0 Å². The summed E-state index contributed by atoms with van der Waals surface area (Å²) in [7, 11) is 0. The molecule has 2 N–H and O–H groups in total. The number of hydrogen-bond acceptors (Lipinski definition) is 4. The number of nitrogens with two attached hydrogens (primary N) is 1. The molecule has 0 saturated carbocycles. The van der Waals surface area contributed by atoms with Crippen LogP contribution in [-0.2, 0) is 0 Å². The minimum atomic E-state index is 0.0798. The molecule has 96 valence electrons. The van der Waals surface area contributed by atoms with E-state index < -0.39 is 0 Å². The van der Waals surface area contributed by atoms with E-state index in [1.54, 1.807) is 0 Å². The maximum absolute atomic E-state index is 5.61. The molecule has 19 heavy (non-hydrogen) atoms. The van der Waals surface area contributed by atoms with Crippen LogP contribution in [0, 0.1) is 0 Å². The first kappa shape index (κ1) is 11.9. The van der Waals surface area contributed by atoms with E-state index in [9.17, 15) is 0 Å². The summed E-state index contributed by atoms with van der Waals surface area (Å²) >= 11 is 0. The van der Waals surface area contributed by atoms with Crippen molar-refractivity contribution in [3.05, 3.63) is 48.4 Å². The van der Waals surface area contributed by atoms with Crippen LogP contribution >= 0.6 is 0 Å². The SMILES string of the molecule is CC(CN)c1nc(-c2cccc3ccccc23)no1. The molecule has 4 nitrogen and oxygen atoms in total. The Balaban J connectivity index is 2.12. The Morgan fingerprint density at radius 1 is 1.16 bits per heavy atom. The summed E-state index contributed by atoms with van der Waals surface area (Å²) in [5.74, 6) is 1.29. The van der Waals surface area contributed by atoms with E-state index in [0.29, 0.717) is 18.3 Å². The van der Waals surface area contributed by atoms with Gasteiger partial charge in [0.05, 0.1) is 0 Å². The number of benzene rings is 2. The fourth-order valence-electron chi connectivity index (χ4n) is 2.07. The lowest BCUT2D eigenvalue weighted by Crippen LogP contribution is -2.08. The van der Waals surface area contributed by atoms with Crippen molar-refractivity contribution in [2.75, 3.05) is 6.54 Å². The van der Waals surface area contributed by atoms with Gasteiger partial charge in [-0.2, -0.15) is 4.98 Å². The van der Waals surface area contributed by atoms with Gasteiger partial charge >= 0.3 is 0 Å². The second-order valence-corrected chi connectivity index (χ2v) is 4.62. The molecule has 1 heterocycles. The van der Waals surface area contributed by atoms with Crippen molar-refractivity contribution >= 4 is 10.8 Å². The van der Waals surface area contributed by atoms with Gasteiger partial charge in [0.1, 0.15) is 0 Å². The molecule has 0 fully saturated rings. The van der Waals surface area contributed by atoms with E-state index in [2.05, 4.69) is 28.3 Å². The van der Waals surface area contributed by atoms with Crippen molar-refractivity contribution in [3.63, 3.8) is 0 Å². The van der Waals surface area contributed by atoms with E-state index in [1.807, 2.05) is 31.2 Å².